The van der Waals surface area contributed by atoms with Crippen LogP contribution in [0.3, 0.4) is 0 Å². The van der Waals surface area contributed by atoms with Crippen molar-refractivity contribution in [2.75, 3.05) is 11.9 Å². The summed E-state index contributed by atoms with van der Waals surface area (Å²) in [5, 5.41) is 32.9. The van der Waals surface area contributed by atoms with Crippen LogP contribution in [0.1, 0.15) is 18.2 Å². The maximum atomic E-state index is 10.7. The smallest absolute Gasteiger partial charge is 0.270 e. The molecule has 2 N–H and O–H groups in total. The van der Waals surface area contributed by atoms with Gasteiger partial charge in [-0.25, -0.2) is 0 Å². The maximum absolute atomic E-state index is 10.7. The first-order valence-electron chi connectivity index (χ1n) is 6.13. The van der Waals surface area contributed by atoms with E-state index in [2.05, 4.69) is 5.32 Å². The highest BCUT2D eigenvalue weighted by molar-refractivity contribution is 5.61. The number of rotatable bonds is 5. The van der Waals surface area contributed by atoms with E-state index in [4.69, 9.17) is 9.68 Å². The van der Waals surface area contributed by atoms with Crippen molar-refractivity contribution < 1.29 is 14.4 Å². The molecule has 0 bridgehead atoms. The Morgan fingerprint density at radius 1 is 1.52 bits per heavy atom. The fourth-order valence-corrected chi connectivity index (χ4v) is 1.83. The van der Waals surface area contributed by atoms with Gasteiger partial charge < -0.3 is 14.8 Å². The Kier molecular flexibility index (Phi) is 3.91. The number of anilines is 1. The normalized spacial score (nSPS) is 13.2. The van der Waals surface area contributed by atoms with Crippen LogP contribution >= 0.6 is 0 Å². The highest BCUT2D eigenvalue weighted by Gasteiger charge is 2.26. The average Bonchev–Trinajstić information content (AvgIpc) is 3.00. The molecule has 0 fully saturated rings. The van der Waals surface area contributed by atoms with Gasteiger partial charge in [0.1, 0.15) is 17.4 Å². The Labute approximate surface area is 120 Å². The van der Waals surface area contributed by atoms with Crippen molar-refractivity contribution in [3.63, 3.8) is 0 Å². The minimum Gasteiger partial charge on any atom is -0.466 e. The molecule has 1 heterocycles. The van der Waals surface area contributed by atoms with Crippen molar-refractivity contribution in [3.05, 3.63) is 58.0 Å². The molecule has 1 atom stereocenters. The molecule has 2 rings (SSSR count). The van der Waals surface area contributed by atoms with Crippen molar-refractivity contribution in [1.29, 1.82) is 5.26 Å². The lowest BCUT2D eigenvalue weighted by atomic mass is 10.0. The van der Waals surface area contributed by atoms with Crippen molar-refractivity contribution in [2.24, 2.45) is 0 Å². The van der Waals surface area contributed by atoms with Crippen LogP contribution in [0.2, 0.25) is 0 Å². The molecule has 1 aromatic heterocycles. The summed E-state index contributed by atoms with van der Waals surface area (Å²) in [6.45, 7) is 1.66. The number of hydrogen-bond acceptors (Lipinski definition) is 6. The van der Waals surface area contributed by atoms with Gasteiger partial charge in [-0.15, -0.1) is 0 Å². The molecule has 0 aliphatic rings. The van der Waals surface area contributed by atoms with Crippen LogP contribution in [0.4, 0.5) is 11.4 Å². The quantitative estimate of drug-likeness (QED) is 0.645. The van der Waals surface area contributed by atoms with Crippen molar-refractivity contribution in [3.8, 4) is 6.07 Å². The number of nitrogens with zero attached hydrogens (tertiary/aromatic N) is 2. The lowest BCUT2D eigenvalue weighted by Gasteiger charge is -2.22. The van der Waals surface area contributed by atoms with E-state index >= 15 is 0 Å². The van der Waals surface area contributed by atoms with Crippen molar-refractivity contribution in [1.82, 2.24) is 0 Å². The second kappa shape index (κ2) is 5.64. The standard InChI is InChI=1S/C14H13N3O4/c1-14(18,13-3-2-6-21-13)9-16-12-5-4-11(17(19)20)7-10(12)8-15/h2-7,16,18H,9H2,1H3. The third kappa shape index (κ3) is 3.19. The van der Waals surface area contributed by atoms with Crippen molar-refractivity contribution in [2.45, 2.75) is 12.5 Å². The summed E-state index contributed by atoms with van der Waals surface area (Å²) >= 11 is 0. The highest BCUT2D eigenvalue weighted by atomic mass is 16.6. The van der Waals surface area contributed by atoms with Crippen molar-refractivity contribution >= 4 is 11.4 Å². The number of aliphatic hydroxyl groups is 1. The largest absolute Gasteiger partial charge is 0.466 e. The van der Waals surface area contributed by atoms with Gasteiger partial charge in [-0.05, 0) is 25.1 Å². The van der Waals surface area contributed by atoms with E-state index in [1.807, 2.05) is 6.07 Å². The number of nitriles is 1. The number of hydrogen-bond donors (Lipinski definition) is 2. The number of non-ortho nitro benzene ring substituents is 1. The number of furan rings is 1. The van der Waals surface area contributed by atoms with Gasteiger partial charge in [0.25, 0.3) is 5.69 Å². The van der Waals surface area contributed by atoms with Gasteiger partial charge in [0, 0.05) is 12.1 Å². The lowest BCUT2D eigenvalue weighted by Crippen LogP contribution is -2.30. The minimum atomic E-state index is -1.27. The zero-order chi connectivity index (χ0) is 15.5. The monoisotopic (exact) mass is 287 g/mol. The molecular weight excluding hydrogens is 274 g/mol. The van der Waals surface area contributed by atoms with E-state index < -0.39 is 10.5 Å². The molecule has 0 amide bonds. The van der Waals surface area contributed by atoms with E-state index in [0.29, 0.717) is 11.4 Å². The Hall–Kier alpha value is -2.85. The van der Waals surface area contributed by atoms with Crippen LogP contribution in [0.15, 0.2) is 41.0 Å². The van der Waals surface area contributed by atoms with E-state index in [9.17, 15) is 15.2 Å². The molecule has 7 heteroatoms. The van der Waals surface area contributed by atoms with E-state index in [-0.39, 0.29) is 17.8 Å². The summed E-state index contributed by atoms with van der Waals surface area (Å²) in [5.74, 6) is 0.385. The molecule has 2 aromatic rings. The fraction of sp³-hybridized carbons (Fsp3) is 0.214. The minimum absolute atomic E-state index is 0.0903. The summed E-state index contributed by atoms with van der Waals surface area (Å²) in [5.41, 5.74) is -0.873. The molecule has 21 heavy (non-hydrogen) atoms. The highest BCUT2D eigenvalue weighted by Crippen LogP contribution is 2.25. The number of nitro groups is 1. The first kappa shape index (κ1) is 14.6. The SMILES string of the molecule is CC(O)(CNc1ccc([N+](=O)[O-])cc1C#N)c1ccco1. The van der Waals surface area contributed by atoms with Gasteiger partial charge in [-0.1, -0.05) is 0 Å². The lowest BCUT2D eigenvalue weighted by molar-refractivity contribution is -0.384. The second-order valence-corrected chi connectivity index (χ2v) is 4.70. The summed E-state index contributed by atoms with van der Waals surface area (Å²) in [6, 6.07) is 9.11. The Balaban J connectivity index is 2.17. The Bertz CT molecular complexity index is 687. The topological polar surface area (TPSA) is 112 Å². The predicted molar refractivity (Wildman–Crippen MR) is 74.6 cm³/mol. The van der Waals surface area contributed by atoms with Crippen LogP contribution in [-0.2, 0) is 5.60 Å². The van der Waals surface area contributed by atoms with Gasteiger partial charge in [0.05, 0.1) is 29.0 Å². The average molecular weight is 287 g/mol. The summed E-state index contributed by atoms with van der Waals surface area (Å²) < 4.78 is 5.15. The molecule has 108 valence electrons. The summed E-state index contributed by atoms with van der Waals surface area (Å²) in [6.07, 6.45) is 1.45. The van der Waals surface area contributed by atoms with E-state index in [1.54, 1.807) is 19.1 Å². The molecule has 0 aliphatic carbocycles. The molecule has 0 saturated heterocycles. The third-order valence-electron chi connectivity index (χ3n) is 3.01. The van der Waals surface area contributed by atoms with Gasteiger partial charge >= 0.3 is 0 Å². The molecule has 1 unspecified atom stereocenters. The number of nitrogens with one attached hydrogen (secondary N) is 1. The first-order chi connectivity index (χ1) is 9.94. The first-order valence-corrected chi connectivity index (χ1v) is 6.13. The third-order valence-corrected chi connectivity index (χ3v) is 3.01. The van der Waals surface area contributed by atoms with Crippen LogP contribution < -0.4 is 5.32 Å². The van der Waals surface area contributed by atoms with Crippen LogP contribution in [0.5, 0.6) is 0 Å². The molecule has 0 radical (unpaired) electrons. The Morgan fingerprint density at radius 3 is 2.86 bits per heavy atom. The van der Waals surface area contributed by atoms with Gasteiger partial charge in [0.15, 0.2) is 0 Å². The summed E-state index contributed by atoms with van der Waals surface area (Å²) in [4.78, 5) is 10.1. The zero-order valence-corrected chi connectivity index (χ0v) is 11.2. The van der Waals surface area contributed by atoms with Crippen LogP contribution in [0.25, 0.3) is 0 Å². The zero-order valence-electron chi connectivity index (χ0n) is 11.2. The molecule has 0 saturated carbocycles. The van der Waals surface area contributed by atoms with E-state index in [1.165, 1.54) is 24.5 Å². The van der Waals surface area contributed by atoms with Gasteiger partial charge in [-0.3, -0.25) is 10.1 Å². The summed E-state index contributed by atoms with van der Waals surface area (Å²) in [7, 11) is 0. The van der Waals surface area contributed by atoms with Crippen LogP contribution in [0, 0.1) is 21.4 Å². The Morgan fingerprint density at radius 2 is 2.29 bits per heavy atom. The molecule has 0 aliphatic heterocycles. The predicted octanol–water partition coefficient (Wildman–Crippen LogP) is 2.38. The molecular formula is C14H13N3O4. The maximum Gasteiger partial charge on any atom is 0.270 e. The fourth-order valence-electron chi connectivity index (χ4n) is 1.83. The van der Waals surface area contributed by atoms with Gasteiger partial charge in [0.2, 0.25) is 0 Å². The number of benzene rings is 1. The van der Waals surface area contributed by atoms with Gasteiger partial charge in [-0.2, -0.15) is 5.26 Å². The number of nitro benzene ring substituents is 1. The second-order valence-electron chi connectivity index (χ2n) is 4.70. The molecule has 7 nitrogen and oxygen atoms in total. The van der Waals surface area contributed by atoms with Crippen LogP contribution in [-0.4, -0.2) is 16.6 Å². The molecule has 1 aromatic carbocycles. The van der Waals surface area contributed by atoms with E-state index in [0.717, 1.165) is 0 Å². The molecule has 0 spiro atoms.